The van der Waals surface area contributed by atoms with Crippen molar-refractivity contribution in [1.82, 2.24) is 0 Å². The lowest BCUT2D eigenvalue weighted by Gasteiger charge is -2.21. The van der Waals surface area contributed by atoms with Gasteiger partial charge in [0.25, 0.3) is 0 Å². The molecule has 0 N–H and O–H groups in total. The molecule has 0 aromatic rings. The highest BCUT2D eigenvalue weighted by Gasteiger charge is 2.16. The molecule has 1 fully saturated rings. The molecule has 0 radical (unpaired) electrons. The fourth-order valence-electron chi connectivity index (χ4n) is 3.21. The van der Waals surface area contributed by atoms with Gasteiger partial charge in [0.1, 0.15) is 0 Å². The van der Waals surface area contributed by atoms with Crippen LogP contribution in [0.2, 0.25) is 0 Å². The predicted octanol–water partition coefficient (Wildman–Crippen LogP) is 5.18. The molecule has 1 unspecified atom stereocenters. The third-order valence-electron chi connectivity index (χ3n) is 4.76. The van der Waals surface area contributed by atoms with Gasteiger partial charge in [-0.05, 0) is 44.9 Å². The van der Waals surface area contributed by atoms with Gasteiger partial charge in [0.2, 0.25) is 0 Å². The molecule has 0 bridgehead atoms. The third kappa shape index (κ3) is 10.7. The van der Waals surface area contributed by atoms with E-state index < -0.39 is 0 Å². The van der Waals surface area contributed by atoms with Gasteiger partial charge >= 0.3 is 11.9 Å². The molecule has 140 valence electrons. The van der Waals surface area contributed by atoms with Crippen molar-refractivity contribution in [3.63, 3.8) is 0 Å². The van der Waals surface area contributed by atoms with Crippen LogP contribution in [0.1, 0.15) is 97.3 Å². The Labute approximate surface area is 147 Å². The summed E-state index contributed by atoms with van der Waals surface area (Å²) in [4.78, 5) is 23.5. The van der Waals surface area contributed by atoms with E-state index in [9.17, 15) is 9.59 Å². The zero-order chi connectivity index (χ0) is 17.6. The Hall–Kier alpha value is -1.06. The van der Waals surface area contributed by atoms with Crippen LogP contribution in [0.4, 0.5) is 0 Å². The third-order valence-corrected chi connectivity index (χ3v) is 4.76. The van der Waals surface area contributed by atoms with Gasteiger partial charge in [0.15, 0.2) is 0 Å². The largest absolute Gasteiger partial charge is 0.465 e. The summed E-state index contributed by atoms with van der Waals surface area (Å²) in [5.41, 5.74) is 0. The molecule has 0 amide bonds. The van der Waals surface area contributed by atoms with Crippen LogP contribution < -0.4 is 0 Å². The first-order valence-corrected chi connectivity index (χ1v) is 9.97. The molecule has 24 heavy (non-hydrogen) atoms. The molecular formula is C20H36O4. The van der Waals surface area contributed by atoms with E-state index in [-0.39, 0.29) is 18.0 Å². The summed E-state index contributed by atoms with van der Waals surface area (Å²) in [7, 11) is 0. The average Bonchev–Trinajstić information content (AvgIpc) is 2.58. The van der Waals surface area contributed by atoms with Crippen LogP contribution in [0.25, 0.3) is 0 Å². The molecule has 1 aliphatic rings. The normalized spacial score (nSPS) is 16.6. The first-order valence-electron chi connectivity index (χ1n) is 9.97. The van der Waals surface area contributed by atoms with Crippen LogP contribution >= 0.6 is 0 Å². The summed E-state index contributed by atoms with van der Waals surface area (Å²) in [6, 6.07) is 0. The highest BCUT2D eigenvalue weighted by molar-refractivity contribution is 5.72. The fourth-order valence-corrected chi connectivity index (χ4v) is 3.21. The van der Waals surface area contributed by atoms with Crippen molar-refractivity contribution < 1.29 is 19.1 Å². The molecule has 0 aromatic carbocycles. The van der Waals surface area contributed by atoms with E-state index in [2.05, 4.69) is 6.92 Å². The summed E-state index contributed by atoms with van der Waals surface area (Å²) in [5.74, 6) is 0.167. The van der Waals surface area contributed by atoms with E-state index in [1.165, 1.54) is 51.4 Å². The first-order chi connectivity index (χ1) is 11.6. The van der Waals surface area contributed by atoms with E-state index in [1.807, 2.05) is 6.92 Å². The highest BCUT2D eigenvalue weighted by Crippen LogP contribution is 2.23. The van der Waals surface area contributed by atoms with Gasteiger partial charge in [-0.15, -0.1) is 0 Å². The molecule has 1 saturated carbocycles. The maximum atomic E-state index is 11.8. The first kappa shape index (κ1) is 21.0. The lowest BCUT2D eigenvalue weighted by molar-refractivity contribution is -0.149. The number of carbonyl (C=O) groups excluding carboxylic acids is 2. The minimum atomic E-state index is -0.196. The second-order valence-corrected chi connectivity index (χ2v) is 7.19. The molecule has 0 aliphatic heterocycles. The zero-order valence-corrected chi connectivity index (χ0v) is 15.7. The summed E-state index contributed by atoms with van der Waals surface area (Å²) in [5, 5.41) is 0. The summed E-state index contributed by atoms with van der Waals surface area (Å²) in [6.45, 7) is 4.68. The lowest BCUT2D eigenvalue weighted by atomic mass is 9.90. The van der Waals surface area contributed by atoms with Crippen LogP contribution in [0.15, 0.2) is 0 Å². The van der Waals surface area contributed by atoms with Gasteiger partial charge in [-0.25, -0.2) is 0 Å². The van der Waals surface area contributed by atoms with Crippen molar-refractivity contribution in [2.45, 2.75) is 103 Å². The van der Waals surface area contributed by atoms with Gasteiger partial charge < -0.3 is 9.47 Å². The summed E-state index contributed by atoms with van der Waals surface area (Å²) >= 11 is 0. The molecule has 1 rings (SSSR count). The molecule has 0 aromatic heterocycles. The van der Waals surface area contributed by atoms with Crippen LogP contribution in [0.3, 0.4) is 0 Å². The SMILES string of the molecule is CCCCCCC(C)OC(=O)CCCC(=O)OCC1CCCCC1. The van der Waals surface area contributed by atoms with Gasteiger partial charge in [-0.3, -0.25) is 9.59 Å². The predicted molar refractivity (Wildman–Crippen MR) is 95.7 cm³/mol. The lowest BCUT2D eigenvalue weighted by Crippen LogP contribution is -2.17. The van der Waals surface area contributed by atoms with E-state index in [0.717, 1.165) is 12.8 Å². The van der Waals surface area contributed by atoms with E-state index in [0.29, 0.717) is 31.8 Å². The van der Waals surface area contributed by atoms with Crippen molar-refractivity contribution in [2.24, 2.45) is 5.92 Å². The Balaban J connectivity index is 2.00. The standard InChI is InChI=1S/C20H36O4/c1-3-4-5-7-11-17(2)24-20(22)15-10-14-19(21)23-16-18-12-8-6-9-13-18/h17-18H,3-16H2,1-2H3. The molecule has 0 saturated heterocycles. The summed E-state index contributed by atoms with van der Waals surface area (Å²) in [6.07, 6.45) is 13.0. The van der Waals surface area contributed by atoms with Crippen molar-refractivity contribution in [3.05, 3.63) is 0 Å². The maximum Gasteiger partial charge on any atom is 0.306 e. The zero-order valence-electron chi connectivity index (χ0n) is 15.7. The average molecular weight is 341 g/mol. The molecule has 0 spiro atoms. The second kappa shape index (κ2) is 13.3. The van der Waals surface area contributed by atoms with Crippen LogP contribution in [-0.2, 0) is 19.1 Å². The fraction of sp³-hybridized carbons (Fsp3) is 0.900. The molecular weight excluding hydrogens is 304 g/mol. The Morgan fingerprint density at radius 3 is 2.38 bits per heavy atom. The Morgan fingerprint density at radius 2 is 1.67 bits per heavy atom. The van der Waals surface area contributed by atoms with E-state index in [4.69, 9.17) is 9.47 Å². The Kier molecular flexibility index (Phi) is 11.6. The number of carbonyl (C=O) groups is 2. The Morgan fingerprint density at radius 1 is 0.958 bits per heavy atom. The molecule has 4 heteroatoms. The number of unbranched alkanes of at least 4 members (excludes halogenated alkanes) is 3. The number of hydrogen-bond donors (Lipinski definition) is 0. The van der Waals surface area contributed by atoms with Crippen molar-refractivity contribution in [1.29, 1.82) is 0 Å². The van der Waals surface area contributed by atoms with Crippen LogP contribution in [0, 0.1) is 5.92 Å². The number of ether oxygens (including phenoxy) is 2. The molecule has 1 aliphatic carbocycles. The summed E-state index contributed by atoms with van der Waals surface area (Å²) < 4.78 is 10.7. The number of rotatable bonds is 12. The Bertz CT molecular complexity index is 348. The quantitative estimate of drug-likeness (QED) is 0.363. The maximum absolute atomic E-state index is 11.8. The molecule has 0 heterocycles. The minimum Gasteiger partial charge on any atom is -0.465 e. The number of esters is 2. The topological polar surface area (TPSA) is 52.6 Å². The van der Waals surface area contributed by atoms with Gasteiger partial charge in [-0.1, -0.05) is 45.4 Å². The monoisotopic (exact) mass is 340 g/mol. The molecule has 1 atom stereocenters. The molecule has 4 nitrogen and oxygen atoms in total. The van der Waals surface area contributed by atoms with Crippen LogP contribution in [0.5, 0.6) is 0 Å². The van der Waals surface area contributed by atoms with Crippen LogP contribution in [-0.4, -0.2) is 24.6 Å². The van der Waals surface area contributed by atoms with Gasteiger partial charge in [-0.2, -0.15) is 0 Å². The van der Waals surface area contributed by atoms with Crippen molar-refractivity contribution in [2.75, 3.05) is 6.61 Å². The minimum absolute atomic E-state index is 0.0207. The van der Waals surface area contributed by atoms with Crippen molar-refractivity contribution >= 4 is 11.9 Å². The number of hydrogen-bond acceptors (Lipinski definition) is 4. The van der Waals surface area contributed by atoms with Crippen molar-refractivity contribution in [3.8, 4) is 0 Å². The second-order valence-electron chi connectivity index (χ2n) is 7.19. The smallest absolute Gasteiger partial charge is 0.306 e. The van der Waals surface area contributed by atoms with E-state index >= 15 is 0 Å². The highest BCUT2D eigenvalue weighted by atomic mass is 16.5. The van der Waals surface area contributed by atoms with E-state index in [1.54, 1.807) is 0 Å². The van der Waals surface area contributed by atoms with Gasteiger partial charge in [0, 0.05) is 12.8 Å². The van der Waals surface area contributed by atoms with Gasteiger partial charge in [0.05, 0.1) is 12.7 Å².